The average molecular weight is 189 g/mol. The van der Waals surface area contributed by atoms with Gasteiger partial charge in [0.1, 0.15) is 0 Å². The van der Waals surface area contributed by atoms with Crippen LogP contribution < -0.4 is 5.32 Å². The number of rotatable bonds is 2. The molecule has 0 aromatic carbocycles. The molecule has 0 rings (SSSR count). The van der Waals surface area contributed by atoms with E-state index in [0.717, 1.165) is 5.88 Å². The van der Waals surface area contributed by atoms with Gasteiger partial charge in [-0.25, -0.2) is 0 Å². The molecule has 0 aliphatic carbocycles. The van der Waals surface area contributed by atoms with Crippen LogP contribution in [0.5, 0.6) is 0 Å². The van der Waals surface area contributed by atoms with Crippen molar-refractivity contribution in [3.63, 3.8) is 0 Å². The van der Waals surface area contributed by atoms with E-state index >= 15 is 0 Å². The highest BCUT2D eigenvalue weighted by atomic mass is 32.2. The van der Waals surface area contributed by atoms with Crippen LogP contribution >= 0.6 is 10.5 Å². The first-order chi connectivity index (χ1) is 5.13. The van der Waals surface area contributed by atoms with Crippen molar-refractivity contribution in [3.8, 4) is 0 Å². The van der Waals surface area contributed by atoms with Crippen LogP contribution in [0.2, 0.25) is 0 Å². The van der Waals surface area contributed by atoms with E-state index in [1.54, 1.807) is 0 Å². The second kappa shape index (κ2) is 3.93. The molecule has 0 amide bonds. The lowest BCUT2D eigenvalue weighted by Crippen LogP contribution is -2.37. The zero-order valence-electron chi connectivity index (χ0n) is 9.32. The molecule has 0 aliphatic rings. The lowest BCUT2D eigenvalue weighted by atomic mass is 10.1. The maximum absolute atomic E-state index is 4.18. The first-order valence-electron chi connectivity index (χ1n) is 4.39. The Balaban J connectivity index is 3.90. The van der Waals surface area contributed by atoms with Crippen LogP contribution in [0.25, 0.3) is 0 Å². The second-order valence-corrected chi connectivity index (χ2v) is 7.68. The molecule has 0 saturated heterocycles. The Morgan fingerprint density at radius 3 is 1.75 bits per heavy atom. The Labute approximate surface area is 79.9 Å². The predicted molar refractivity (Wildman–Crippen MR) is 62.2 cm³/mol. The smallest absolute Gasteiger partial charge is 0.0372 e. The van der Waals surface area contributed by atoms with E-state index in [0.29, 0.717) is 4.75 Å². The summed E-state index contributed by atoms with van der Waals surface area (Å²) in [4.78, 5) is 0. The van der Waals surface area contributed by atoms with Crippen molar-refractivity contribution in [3.05, 3.63) is 0 Å². The fourth-order valence-electron chi connectivity index (χ4n) is 0.520. The Morgan fingerprint density at radius 2 is 1.50 bits per heavy atom. The van der Waals surface area contributed by atoms with Crippen molar-refractivity contribution in [2.24, 2.45) is 0 Å². The molecule has 12 heavy (non-hydrogen) atoms. The van der Waals surface area contributed by atoms with Crippen LogP contribution in [-0.4, -0.2) is 22.0 Å². The summed E-state index contributed by atoms with van der Waals surface area (Å²) < 4.78 is 0.332. The van der Waals surface area contributed by atoms with Crippen molar-refractivity contribution in [2.45, 2.75) is 51.8 Å². The largest absolute Gasteiger partial charge is 0.304 e. The summed E-state index contributed by atoms with van der Waals surface area (Å²) in [6.07, 6.45) is 0. The van der Waals surface area contributed by atoms with Crippen molar-refractivity contribution < 1.29 is 0 Å². The first kappa shape index (κ1) is 12.2. The van der Waals surface area contributed by atoms with Crippen LogP contribution in [0.3, 0.4) is 0 Å². The minimum Gasteiger partial charge on any atom is -0.304 e. The third kappa shape index (κ3) is 5.78. The Bertz CT molecular complexity index is 160. The van der Waals surface area contributed by atoms with Gasteiger partial charge in [0.15, 0.2) is 0 Å². The zero-order valence-corrected chi connectivity index (χ0v) is 10.1. The summed E-state index contributed by atoms with van der Waals surface area (Å²) in [5, 5.41) is 3.48. The van der Waals surface area contributed by atoms with Gasteiger partial charge in [0, 0.05) is 16.2 Å². The number of hydrogen-bond donors (Lipinski definition) is 1. The summed E-state index contributed by atoms with van der Waals surface area (Å²) in [6.45, 7) is 13.3. The molecule has 0 aromatic heterocycles. The third-order valence-electron chi connectivity index (χ3n) is 1.64. The number of nitrogens with one attached hydrogen (secondary N) is 1. The number of hydrogen-bond acceptors (Lipinski definition) is 1. The minimum absolute atomic E-state index is 0.205. The van der Waals surface area contributed by atoms with Crippen molar-refractivity contribution in [2.75, 3.05) is 5.88 Å². The minimum atomic E-state index is 0.205. The van der Waals surface area contributed by atoms with E-state index in [-0.39, 0.29) is 16.0 Å². The second-order valence-electron chi connectivity index (χ2n) is 5.18. The van der Waals surface area contributed by atoms with Gasteiger partial charge < -0.3 is 5.32 Å². The molecule has 0 bridgehead atoms. The van der Waals surface area contributed by atoms with E-state index in [4.69, 9.17) is 0 Å². The highest BCUT2D eigenvalue weighted by Gasteiger charge is 2.15. The molecule has 1 N–H and O–H groups in total. The Hall–Kier alpha value is 0.180. The Morgan fingerprint density at radius 1 is 1.08 bits per heavy atom. The predicted octanol–water partition coefficient (Wildman–Crippen LogP) is 2.83. The van der Waals surface area contributed by atoms with Gasteiger partial charge in [-0.1, -0.05) is 26.6 Å². The van der Waals surface area contributed by atoms with Crippen molar-refractivity contribution in [1.29, 1.82) is 0 Å². The van der Waals surface area contributed by atoms with Crippen LogP contribution in [0, 0.1) is 0 Å². The molecule has 0 aliphatic heterocycles. The van der Waals surface area contributed by atoms with Crippen LogP contribution in [0.15, 0.2) is 0 Å². The summed E-state index contributed by atoms with van der Waals surface area (Å²) in [5.74, 6) is 5.20. The monoisotopic (exact) mass is 189 g/mol. The van der Waals surface area contributed by atoms with E-state index in [1.165, 1.54) is 0 Å². The van der Waals surface area contributed by atoms with E-state index in [1.807, 2.05) is 0 Å². The van der Waals surface area contributed by atoms with Gasteiger partial charge in [0.25, 0.3) is 0 Å². The normalized spacial score (nSPS) is 16.2. The lowest BCUT2D eigenvalue weighted by Gasteiger charge is -2.28. The summed E-state index contributed by atoms with van der Waals surface area (Å²) in [7, 11) is 0.205. The van der Waals surface area contributed by atoms with Gasteiger partial charge >= 0.3 is 0 Å². The maximum Gasteiger partial charge on any atom is 0.0372 e. The first-order valence-corrected chi connectivity index (χ1v) is 5.95. The molecule has 0 fully saturated rings. The standard InChI is InChI=1S/C10H23NS/c1-9(2,3)11-8-12(7)10(4,5)6/h11H,7-8H2,1-6H3. The third-order valence-corrected chi connectivity index (χ3v) is 3.87. The van der Waals surface area contributed by atoms with Crippen molar-refractivity contribution in [1.82, 2.24) is 5.32 Å². The van der Waals surface area contributed by atoms with Gasteiger partial charge in [0.2, 0.25) is 0 Å². The van der Waals surface area contributed by atoms with Crippen LogP contribution in [0.4, 0.5) is 0 Å². The molecule has 0 saturated carbocycles. The molecule has 1 unspecified atom stereocenters. The molecule has 0 aromatic rings. The van der Waals surface area contributed by atoms with E-state index in [2.05, 4.69) is 52.7 Å². The molecule has 1 nitrogen and oxygen atoms in total. The lowest BCUT2D eigenvalue weighted by molar-refractivity contribution is 0.460. The quantitative estimate of drug-likeness (QED) is 0.659. The molecule has 1 atom stereocenters. The van der Waals surface area contributed by atoms with Crippen LogP contribution in [-0.2, 0) is 0 Å². The highest BCUT2D eigenvalue weighted by Crippen LogP contribution is 2.28. The maximum atomic E-state index is 4.18. The highest BCUT2D eigenvalue weighted by molar-refractivity contribution is 8.15. The zero-order chi connectivity index (χ0) is 9.99. The summed E-state index contributed by atoms with van der Waals surface area (Å²) >= 11 is 0. The average Bonchev–Trinajstić information content (AvgIpc) is 1.78. The van der Waals surface area contributed by atoms with Gasteiger partial charge in [0.05, 0.1) is 0 Å². The van der Waals surface area contributed by atoms with Gasteiger partial charge in [-0.05, 0) is 20.8 Å². The molecular weight excluding hydrogens is 166 g/mol. The summed E-state index contributed by atoms with van der Waals surface area (Å²) in [5.41, 5.74) is 0.216. The van der Waals surface area contributed by atoms with Gasteiger partial charge in [-0.15, -0.1) is 0 Å². The molecule has 0 spiro atoms. The molecule has 0 heterocycles. The van der Waals surface area contributed by atoms with E-state index < -0.39 is 0 Å². The fraction of sp³-hybridized carbons (Fsp3) is 0.900. The molecule has 74 valence electrons. The fourth-order valence-corrected chi connectivity index (χ4v) is 1.56. The van der Waals surface area contributed by atoms with Crippen LogP contribution in [0.1, 0.15) is 41.5 Å². The Kier molecular flexibility index (Phi) is 3.98. The van der Waals surface area contributed by atoms with Crippen molar-refractivity contribution >= 4 is 16.4 Å². The molecular formula is C10H23NS. The van der Waals surface area contributed by atoms with Gasteiger partial charge in [-0.3, -0.25) is 0 Å². The topological polar surface area (TPSA) is 12.0 Å². The van der Waals surface area contributed by atoms with Gasteiger partial charge in [-0.2, -0.15) is 10.5 Å². The molecule has 2 heteroatoms. The molecule has 0 radical (unpaired) electrons. The summed E-state index contributed by atoms with van der Waals surface area (Å²) in [6, 6.07) is 0. The SMILES string of the molecule is C=S(CNC(C)(C)C)C(C)(C)C. The van der Waals surface area contributed by atoms with E-state index in [9.17, 15) is 0 Å².